The molecule has 0 radical (unpaired) electrons. The van der Waals surface area contributed by atoms with E-state index in [1.54, 1.807) is 99.0 Å². The minimum Gasteiger partial charge on any atom is -1.00 e. The molecule has 81 heavy (non-hydrogen) atoms. The fraction of sp³-hybridized carbons (Fsp3) is 0.318. The van der Waals surface area contributed by atoms with Gasteiger partial charge in [0.05, 0.1) is 36.3 Å². The van der Waals surface area contributed by atoms with Crippen LogP contribution in [0, 0.1) is 33.5 Å². The first kappa shape index (κ1) is 66.1. The molecule has 0 bridgehead atoms. The molecule has 4 aromatic carbocycles. The predicted octanol–water partition coefficient (Wildman–Crippen LogP) is 10.7. The molecule has 426 valence electrons. The number of nitrogens with zero attached hydrogens (tertiary/aromatic N) is 2. The van der Waals surface area contributed by atoms with E-state index in [2.05, 4.69) is 16.6 Å². The maximum atomic E-state index is 14.1. The van der Waals surface area contributed by atoms with Crippen LogP contribution < -0.4 is 31.0 Å². The zero-order chi connectivity index (χ0) is 59.0. The Balaban J connectivity index is 0.000000292. The van der Waals surface area contributed by atoms with Crippen LogP contribution >= 0.6 is 23.2 Å². The number of benzene rings is 4. The number of esters is 2. The Hall–Kier alpha value is -7.37. The second kappa shape index (κ2) is 29.4. The molecule has 7 aromatic rings. The molecule has 12 nitrogen and oxygen atoms in total. The van der Waals surface area contributed by atoms with E-state index < -0.39 is 27.6 Å². The quantitative estimate of drug-likeness (QED) is 0.0284. The molecule has 0 aliphatic rings. The van der Waals surface area contributed by atoms with Crippen molar-refractivity contribution < 1.29 is 69.3 Å². The number of ketones is 4. The molecule has 3 heterocycles. The predicted molar refractivity (Wildman–Crippen MR) is 312 cm³/mol. The van der Waals surface area contributed by atoms with Crippen molar-refractivity contribution >= 4 is 63.8 Å². The highest BCUT2D eigenvalue weighted by Crippen LogP contribution is 2.38. The molecular formula is C66H71BrCl2N2O10. The van der Waals surface area contributed by atoms with Gasteiger partial charge in [0, 0.05) is 68.4 Å². The Labute approximate surface area is 496 Å². The summed E-state index contributed by atoms with van der Waals surface area (Å²) < 4.78 is 25.1. The maximum Gasteiger partial charge on any atom is 0.312 e. The summed E-state index contributed by atoms with van der Waals surface area (Å²) in [6.45, 7) is 19.1. The third kappa shape index (κ3) is 19.1. The van der Waals surface area contributed by atoms with Crippen LogP contribution in [0.25, 0.3) is 5.52 Å². The summed E-state index contributed by atoms with van der Waals surface area (Å²) in [4.78, 5) is 75.9. The van der Waals surface area contributed by atoms with Crippen molar-refractivity contribution in [3.05, 3.63) is 201 Å². The zero-order valence-corrected chi connectivity index (χ0v) is 51.2. The van der Waals surface area contributed by atoms with Crippen LogP contribution in [0.2, 0.25) is 10.0 Å². The van der Waals surface area contributed by atoms with Crippen LogP contribution in [-0.2, 0) is 50.0 Å². The number of Topliss-reactive ketones (excluding diaryl/α,β-unsaturated/α-hetero) is 3. The van der Waals surface area contributed by atoms with Gasteiger partial charge in [0.25, 0.3) is 0 Å². The Morgan fingerprint density at radius 3 is 1.54 bits per heavy atom. The number of hydrogen-bond acceptors (Lipinski definition) is 10. The van der Waals surface area contributed by atoms with Gasteiger partial charge in [-0.2, -0.15) is 4.57 Å². The van der Waals surface area contributed by atoms with Gasteiger partial charge in [0.15, 0.2) is 18.2 Å². The molecule has 0 saturated carbocycles. The van der Waals surface area contributed by atoms with Crippen molar-refractivity contribution in [2.24, 2.45) is 21.7 Å². The average Bonchev–Trinajstić information content (AvgIpc) is 3.99. The van der Waals surface area contributed by atoms with Gasteiger partial charge in [-0.3, -0.25) is 28.8 Å². The summed E-state index contributed by atoms with van der Waals surface area (Å²) in [7, 11) is 2.68. The molecule has 0 aliphatic carbocycles. The topological polar surface area (TPSA) is 148 Å². The standard InChI is InChI=1S/C33H34ClNO5.C20H17ClNO2.C13H20O3.BrH/c1-32(2,3)30(37)27-25(19-33(4,5)31(38)39-6)28(29(36)22-12-14-23(34)15-13-22)35-17-16-24(18-26(27)35)40-20-21-10-8-7-9-11-21;21-18-8-6-17(7-9-18)20(23)14-22-12-10-19(11-13-22)24-15-16-4-2-1-3-5-16;1-12(2,3)10(14)8-7-9-13(4,5)11(15)16-6;/h7-18H,19-20H2,1-6H3;1-13H,14-15H2;9H2,1-6H3;1H/q;+1;;/p-1. The third-order valence-corrected chi connectivity index (χ3v) is 13.1. The molecule has 0 aliphatic heterocycles. The molecule has 0 spiro atoms. The second-order valence-electron chi connectivity index (χ2n) is 22.4. The van der Waals surface area contributed by atoms with E-state index >= 15 is 0 Å². The van der Waals surface area contributed by atoms with Crippen molar-refractivity contribution in [1.82, 2.24) is 4.40 Å². The lowest BCUT2D eigenvalue weighted by Crippen LogP contribution is -3.00. The zero-order valence-electron chi connectivity index (χ0n) is 48.1. The van der Waals surface area contributed by atoms with Crippen molar-refractivity contribution in [3.8, 4) is 23.3 Å². The first-order chi connectivity index (χ1) is 37.6. The van der Waals surface area contributed by atoms with Gasteiger partial charge in [0.2, 0.25) is 23.9 Å². The number of ether oxygens (including phenoxy) is 4. The van der Waals surface area contributed by atoms with E-state index in [4.69, 9.17) is 37.4 Å². The lowest BCUT2D eigenvalue weighted by atomic mass is 9.79. The van der Waals surface area contributed by atoms with Gasteiger partial charge in [-0.25, -0.2) is 0 Å². The Bertz CT molecular complexity index is 3350. The molecule has 0 amide bonds. The summed E-state index contributed by atoms with van der Waals surface area (Å²) in [5.74, 6) is 5.38. The molecule has 0 N–H and O–H groups in total. The molecular weight excluding hydrogens is 1130 g/mol. The number of pyridine rings is 2. The van der Waals surface area contributed by atoms with Gasteiger partial charge in [-0.15, -0.1) is 0 Å². The molecule has 15 heteroatoms. The van der Waals surface area contributed by atoms with E-state index in [0.717, 1.165) is 16.9 Å². The largest absolute Gasteiger partial charge is 1.00 e. The van der Waals surface area contributed by atoms with Crippen LogP contribution in [0.1, 0.15) is 129 Å². The highest BCUT2D eigenvalue weighted by atomic mass is 79.9. The van der Waals surface area contributed by atoms with Crippen LogP contribution in [0.15, 0.2) is 152 Å². The number of hydrogen-bond donors (Lipinski definition) is 0. The van der Waals surface area contributed by atoms with Crippen LogP contribution in [0.4, 0.5) is 0 Å². The number of methoxy groups -OCH3 is 2. The van der Waals surface area contributed by atoms with Crippen LogP contribution in [-0.4, -0.2) is 53.7 Å². The van der Waals surface area contributed by atoms with Crippen LogP contribution in [0.3, 0.4) is 0 Å². The van der Waals surface area contributed by atoms with E-state index in [0.29, 0.717) is 68.9 Å². The lowest BCUT2D eigenvalue weighted by molar-refractivity contribution is -0.683. The van der Waals surface area contributed by atoms with Crippen molar-refractivity contribution in [2.75, 3.05) is 14.2 Å². The van der Waals surface area contributed by atoms with Gasteiger partial charge in [-0.05, 0) is 111 Å². The Kier molecular flexibility index (Phi) is 24.0. The Morgan fingerprint density at radius 2 is 1.06 bits per heavy atom. The van der Waals surface area contributed by atoms with E-state index in [-0.39, 0.29) is 59.0 Å². The second-order valence-corrected chi connectivity index (χ2v) is 23.3. The van der Waals surface area contributed by atoms with Crippen molar-refractivity contribution in [1.29, 1.82) is 0 Å². The summed E-state index contributed by atoms with van der Waals surface area (Å²) in [6, 6.07) is 40.6. The van der Waals surface area contributed by atoms with E-state index in [1.807, 2.05) is 131 Å². The van der Waals surface area contributed by atoms with Crippen molar-refractivity contribution in [2.45, 2.75) is 102 Å². The SMILES string of the molecule is COC(=O)C(C)(C)CC#CC(=O)C(C)(C)C.COC(=O)C(C)(C)Cc1c(C(=O)C(C)(C)C)c2cc(OCc3ccccc3)ccn2c1C(=O)c1ccc(Cl)cc1.O=C(C[n+]1ccc(OCc2ccccc2)cc1)c1ccc(Cl)cc1.[Br-]. The maximum absolute atomic E-state index is 14.1. The van der Waals surface area contributed by atoms with E-state index in [9.17, 15) is 28.8 Å². The number of aromatic nitrogens is 2. The third-order valence-electron chi connectivity index (χ3n) is 12.6. The number of carbonyl (C=O) groups is 6. The summed E-state index contributed by atoms with van der Waals surface area (Å²) in [6.07, 6.45) is 5.87. The van der Waals surface area contributed by atoms with Crippen molar-refractivity contribution in [3.63, 3.8) is 0 Å². The fourth-order valence-electron chi connectivity index (χ4n) is 7.85. The first-order valence-corrected chi connectivity index (χ1v) is 26.7. The molecule has 3 aromatic heterocycles. The van der Waals surface area contributed by atoms with Gasteiger partial charge < -0.3 is 40.3 Å². The van der Waals surface area contributed by atoms with Gasteiger partial charge in [-0.1, -0.05) is 131 Å². The smallest absolute Gasteiger partial charge is 0.312 e. The summed E-state index contributed by atoms with van der Waals surface area (Å²) >= 11 is 11.9. The molecule has 0 saturated heterocycles. The number of rotatable bonds is 17. The molecule has 0 atom stereocenters. The summed E-state index contributed by atoms with van der Waals surface area (Å²) in [5, 5.41) is 1.13. The van der Waals surface area contributed by atoms with Crippen LogP contribution in [0.5, 0.6) is 11.5 Å². The minimum absolute atomic E-state index is 0. The number of halogens is 3. The molecule has 7 rings (SSSR count). The lowest BCUT2D eigenvalue weighted by Gasteiger charge is -2.24. The summed E-state index contributed by atoms with van der Waals surface area (Å²) in [5.41, 5.74) is 2.05. The minimum atomic E-state index is -1.01. The fourth-order valence-corrected chi connectivity index (χ4v) is 8.11. The monoisotopic (exact) mass is 1200 g/mol. The Morgan fingerprint density at radius 1 is 0.580 bits per heavy atom. The highest BCUT2D eigenvalue weighted by Gasteiger charge is 2.38. The van der Waals surface area contributed by atoms with Gasteiger partial charge >= 0.3 is 11.9 Å². The normalized spacial score (nSPS) is 11.2. The molecule has 0 fully saturated rings. The van der Waals surface area contributed by atoms with E-state index in [1.165, 1.54) is 14.2 Å². The first-order valence-electron chi connectivity index (χ1n) is 26.0. The van der Waals surface area contributed by atoms with Gasteiger partial charge in [0.1, 0.15) is 24.7 Å². The molecule has 0 unspecified atom stereocenters. The number of carbonyl (C=O) groups excluding carboxylic acids is 6. The average molecular weight is 1200 g/mol. The highest BCUT2D eigenvalue weighted by molar-refractivity contribution is 6.31. The number of fused-ring (bicyclic) bond motifs is 1.